The van der Waals surface area contributed by atoms with Crippen LogP contribution in [0.3, 0.4) is 0 Å². The molecule has 1 amide bonds. The number of carbonyl (C=O) groups is 2. The van der Waals surface area contributed by atoms with Gasteiger partial charge in [0.05, 0.1) is 25.4 Å². The molecule has 0 spiro atoms. The van der Waals surface area contributed by atoms with E-state index in [1.807, 2.05) is 6.08 Å². The minimum Gasteiger partial charge on any atom is -0.466 e. The van der Waals surface area contributed by atoms with E-state index in [-0.39, 0.29) is 18.5 Å². The fourth-order valence-corrected chi connectivity index (χ4v) is 11.1. The molecule has 0 aliphatic rings. The summed E-state index contributed by atoms with van der Waals surface area (Å²) in [5, 5.41) is 23.2. The van der Waals surface area contributed by atoms with Crippen molar-refractivity contribution in [1.29, 1.82) is 0 Å². The molecule has 0 fully saturated rings. The third kappa shape index (κ3) is 63.4. The van der Waals surface area contributed by atoms with Crippen LogP contribution in [0.4, 0.5) is 0 Å². The number of ether oxygens (including phenoxy) is 1. The number of aliphatic hydroxyl groups is 2. The molecule has 0 aromatic heterocycles. The normalized spacial score (nSPS) is 12.6. The maximum Gasteiger partial charge on any atom is 0.305 e. The average Bonchev–Trinajstić information content (AvgIpc) is 3.43. The van der Waals surface area contributed by atoms with Crippen LogP contribution in [-0.2, 0) is 14.3 Å². The van der Waals surface area contributed by atoms with E-state index in [0.29, 0.717) is 19.4 Å². The predicted octanol–water partition coefficient (Wildman–Crippen LogP) is 22.5. The van der Waals surface area contributed by atoms with Gasteiger partial charge < -0.3 is 20.3 Å². The summed E-state index contributed by atoms with van der Waals surface area (Å²) in [4.78, 5) is 24.6. The number of allylic oxidation sites excluding steroid dienone is 3. The summed E-state index contributed by atoms with van der Waals surface area (Å²) in [6, 6.07) is -0.626. The van der Waals surface area contributed by atoms with Crippen molar-refractivity contribution in [1.82, 2.24) is 5.32 Å². The fraction of sp³-hybridized carbons (Fsp3) is 0.915. The number of unbranched alkanes of at least 4 members (excludes halogenated alkanes) is 53. The Kier molecular flexibility index (Phi) is 65.4. The van der Waals surface area contributed by atoms with Gasteiger partial charge in [0.15, 0.2) is 0 Å². The first kappa shape index (κ1) is 75.3. The Labute approximate surface area is 481 Å². The maximum absolute atomic E-state index is 12.5. The molecule has 0 saturated heterocycles. The largest absolute Gasteiger partial charge is 0.466 e. The number of esters is 1. The summed E-state index contributed by atoms with van der Waals surface area (Å²) < 4.78 is 5.49. The SMILES string of the molecule is CCCCCCCCCCCCCCCC/C=C/C(O)C(CO)NC(=O)CCCCCCCCCCCCCCCC/C=C\CCCCCCCCCCCCCCOC(=O)CCCCCCCCCCCCCCCC. The van der Waals surface area contributed by atoms with Crippen molar-refractivity contribution in [3.05, 3.63) is 24.3 Å². The van der Waals surface area contributed by atoms with Gasteiger partial charge in [-0.05, 0) is 57.8 Å². The van der Waals surface area contributed by atoms with E-state index in [2.05, 4.69) is 31.3 Å². The summed E-state index contributed by atoms with van der Waals surface area (Å²) in [5.74, 6) is -0.0440. The molecule has 0 aliphatic heterocycles. The van der Waals surface area contributed by atoms with Crippen molar-refractivity contribution in [2.75, 3.05) is 13.2 Å². The Morgan fingerprint density at radius 2 is 0.610 bits per heavy atom. The van der Waals surface area contributed by atoms with Gasteiger partial charge in [-0.1, -0.05) is 346 Å². The van der Waals surface area contributed by atoms with Crippen molar-refractivity contribution in [2.24, 2.45) is 0 Å². The van der Waals surface area contributed by atoms with Crippen LogP contribution in [0, 0.1) is 0 Å². The van der Waals surface area contributed by atoms with Gasteiger partial charge in [-0.2, -0.15) is 0 Å². The number of aliphatic hydroxyl groups excluding tert-OH is 2. The standard InChI is InChI=1S/C71H137NO5/c1-3-5-7-9-11-13-15-17-19-36-39-43-47-51-55-59-63-69(74)68(67-73)72-70(75)64-60-56-52-48-44-40-37-34-32-30-28-26-24-22-20-21-23-25-27-29-31-33-35-38-42-46-50-54-58-62-66-77-71(76)65-61-57-53-49-45-41-18-16-14-12-10-8-6-4-2/h21,23,59,63,68-69,73-74H,3-20,22,24-58,60-62,64-67H2,1-2H3,(H,72,75)/b23-21-,63-59+. The third-order valence-electron chi connectivity index (χ3n) is 16.5. The Morgan fingerprint density at radius 1 is 0.351 bits per heavy atom. The highest BCUT2D eigenvalue weighted by molar-refractivity contribution is 5.76. The second-order valence-corrected chi connectivity index (χ2v) is 24.2. The lowest BCUT2D eigenvalue weighted by atomic mass is 10.0. The van der Waals surface area contributed by atoms with Gasteiger partial charge in [-0.3, -0.25) is 9.59 Å². The van der Waals surface area contributed by atoms with Crippen molar-refractivity contribution in [2.45, 2.75) is 405 Å². The molecule has 0 aliphatic carbocycles. The lowest BCUT2D eigenvalue weighted by Crippen LogP contribution is -2.45. The van der Waals surface area contributed by atoms with Gasteiger partial charge in [0.1, 0.15) is 0 Å². The molecule has 77 heavy (non-hydrogen) atoms. The van der Waals surface area contributed by atoms with Crippen molar-refractivity contribution in [3.63, 3.8) is 0 Å². The molecule has 0 radical (unpaired) electrons. The smallest absolute Gasteiger partial charge is 0.305 e. The quantitative estimate of drug-likeness (QED) is 0.0320. The van der Waals surface area contributed by atoms with E-state index < -0.39 is 12.1 Å². The lowest BCUT2D eigenvalue weighted by Gasteiger charge is -2.20. The molecule has 0 rings (SSSR count). The topological polar surface area (TPSA) is 95.9 Å². The van der Waals surface area contributed by atoms with Crippen LogP contribution in [0.5, 0.6) is 0 Å². The molecular weight excluding hydrogens is 947 g/mol. The van der Waals surface area contributed by atoms with E-state index in [9.17, 15) is 19.8 Å². The van der Waals surface area contributed by atoms with Crippen LogP contribution < -0.4 is 5.32 Å². The van der Waals surface area contributed by atoms with Gasteiger partial charge in [-0.25, -0.2) is 0 Å². The average molecular weight is 1080 g/mol. The summed E-state index contributed by atoms with van der Waals surface area (Å²) in [6.07, 6.45) is 84.0. The number of rotatable bonds is 66. The number of nitrogens with one attached hydrogen (secondary N) is 1. The van der Waals surface area contributed by atoms with Crippen LogP contribution in [0.15, 0.2) is 24.3 Å². The Hall–Kier alpha value is -1.66. The van der Waals surface area contributed by atoms with Crippen molar-refractivity contribution in [3.8, 4) is 0 Å². The van der Waals surface area contributed by atoms with E-state index >= 15 is 0 Å². The van der Waals surface area contributed by atoms with Gasteiger partial charge in [0.25, 0.3) is 0 Å². The van der Waals surface area contributed by atoms with E-state index in [4.69, 9.17) is 4.74 Å². The van der Waals surface area contributed by atoms with Gasteiger partial charge in [-0.15, -0.1) is 0 Å². The molecule has 0 bridgehead atoms. The zero-order valence-electron chi connectivity index (χ0n) is 52.2. The highest BCUT2D eigenvalue weighted by atomic mass is 16.5. The fourth-order valence-electron chi connectivity index (χ4n) is 11.1. The first-order chi connectivity index (χ1) is 38.0. The second kappa shape index (κ2) is 66.8. The van der Waals surface area contributed by atoms with Crippen LogP contribution in [-0.4, -0.2) is 47.4 Å². The highest BCUT2D eigenvalue weighted by Gasteiger charge is 2.18. The van der Waals surface area contributed by atoms with Crippen LogP contribution in [0.25, 0.3) is 0 Å². The van der Waals surface area contributed by atoms with Gasteiger partial charge >= 0.3 is 5.97 Å². The Bertz CT molecular complexity index is 1200. The minimum atomic E-state index is -0.843. The lowest BCUT2D eigenvalue weighted by molar-refractivity contribution is -0.143. The van der Waals surface area contributed by atoms with Crippen molar-refractivity contribution < 1.29 is 24.5 Å². The van der Waals surface area contributed by atoms with E-state index in [1.165, 1.54) is 327 Å². The molecule has 0 aromatic carbocycles. The summed E-state index contributed by atoms with van der Waals surface area (Å²) in [6.45, 7) is 4.94. The Balaban J connectivity index is 3.37. The van der Waals surface area contributed by atoms with E-state index in [1.54, 1.807) is 6.08 Å². The molecule has 0 saturated carbocycles. The number of hydrogen-bond donors (Lipinski definition) is 3. The molecule has 6 heteroatoms. The molecule has 3 N–H and O–H groups in total. The van der Waals surface area contributed by atoms with Crippen LogP contribution in [0.2, 0.25) is 0 Å². The van der Waals surface area contributed by atoms with Crippen LogP contribution >= 0.6 is 0 Å². The zero-order valence-corrected chi connectivity index (χ0v) is 52.2. The predicted molar refractivity (Wildman–Crippen MR) is 338 cm³/mol. The molecule has 6 nitrogen and oxygen atoms in total. The molecule has 0 aromatic rings. The molecular formula is C71H137NO5. The summed E-state index contributed by atoms with van der Waals surface area (Å²) >= 11 is 0. The highest BCUT2D eigenvalue weighted by Crippen LogP contribution is 2.18. The van der Waals surface area contributed by atoms with Gasteiger partial charge in [0.2, 0.25) is 5.91 Å². The van der Waals surface area contributed by atoms with Gasteiger partial charge in [0, 0.05) is 12.8 Å². The summed E-state index contributed by atoms with van der Waals surface area (Å²) in [5.41, 5.74) is 0. The summed E-state index contributed by atoms with van der Waals surface area (Å²) in [7, 11) is 0. The zero-order chi connectivity index (χ0) is 55.7. The maximum atomic E-state index is 12.5. The number of carbonyl (C=O) groups excluding carboxylic acids is 2. The van der Waals surface area contributed by atoms with Crippen LogP contribution in [0.1, 0.15) is 393 Å². The number of amides is 1. The first-order valence-corrected chi connectivity index (χ1v) is 35.1. The first-order valence-electron chi connectivity index (χ1n) is 35.1. The van der Waals surface area contributed by atoms with E-state index in [0.717, 1.165) is 38.5 Å². The molecule has 2 atom stereocenters. The monoisotopic (exact) mass is 1080 g/mol. The Morgan fingerprint density at radius 3 is 0.922 bits per heavy atom. The van der Waals surface area contributed by atoms with Crippen molar-refractivity contribution >= 4 is 11.9 Å². The number of hydrogen-bond acceptors (Lipinski definition) is 5. The third-order valence-corrected chi connectivity index (χ3v) is 16.5. The minimum absolute atomic E-state index is 0.0197. The molecule has 0 heterocycles. The second-order valence-electron chi connectivity index (χ2n) is 24.2. The molecule has 2 unspecified atom stereocenters. The molecule has 456 valence electrons.